The van der Waals surface area contributed by atoms with Crippen LogP contribution in [0, 0.1) is 5.92 Å². The third-order valence-corrected chi connectivity index (χ3v) is 2.95. The highest BCUT2D eigenvalue weighted by molar-refractivity contribution is 5.98. The lowest BCUT2D eigenvalue weighted by atomic mass is 10.2. The van der Waals surface area contributed by atoms with E-state index in [9.17, 15) is 14.4 Å². The third-order valence-electron chi connectivity index (χ3n) is 2.95. The highest BCUT2D eigenvalue weighted by Gasteiger charge is 2.21. The van der Waals surface area contributed by atoms with Gasteiger partial charge in [0.1, 0.15) is 0 Å². The summed E-state index contributed by atoms with van der Waals surface area (Å²) in [5, 5.41) is 1.85. The van der Waals surface area contributed by atoms with Crippen LogP contribution in [0.4, 0.5) is 4.79 Å². The quantitative estimate of drug-likeness (QED) is 0.690. The Bertz CT molecular complexity index is 630. The monoisotopic (exact) mass is 352 g/mol. The highest BCUT2D eigenvalue weighted by Crippen LogP contribution is 2.29. The lowest BCUT2D eigenvalue weighted by molar-refractivity contribution is -0.127. The van der Waals surface area contributed by atoms with E-state index in [4.69, 9.17) is 19.9 Å². The molecule has 0 spiro atoms. The number of ether oxygens (including phenoxy) is 3. The Morgan fingerprint density at radius 3 is 2.36 bits per heavy atom. The number of nitrogens with one attached hydrogen (secondary N) is 1. The van der Waals surface area contributed by atoms with Gasteiger partial charge in [-0.2, -0.15) is 0 Å². The molecular formula is C17H24N2O6. The fourth-order valence-electron chi connectivity index (χ4n) is 1.78. The summed E-state index contributed by atoms with van der Waals surface area (Å²) < 4.78 is 16.2. The number of amides is 3. The number of nitrogens with two attached hydrogens (primary N) is 1. The molecule has 3 amide bonds. The zero-order valence-corrected chi connectivity index (χ0v) is 14.8. The Labute approximate surface area is 146 Å². The molecule has 138 valence electrons. The Morgan fingerprint density at radius 2 is 1.80 bits per heavy atom. The molecule has 0 radical (unpaired) electrons. The van der Waals surface area contributed by atoms with Crippen molar-refractivity contribution >= 4 is 17.9 Å². The number of primary amides is 1. The molecule has 1 rings (SSSR count). The predicted molar refractivity (Wildman–Crippen MR) is 90.5 cm³/mol. The minimum atomic E-state index is -1.17. The van der Waals surface area contributed by atoms with Gasteiger partial charge in [-0.3, -0.25) is 10.1 Å². The van der Waals surface area contributed by atoms with Gasteiger partial charge in [0.15, 0.2) is 17.6 Å². The van der Waals surface area contributed by atoms with Crippen molar-refractivity contribution in [1.82, 2.24) is 5.32 Å². The number of hydrogen-bond acceptors (Lipinski definition) is 6. The minimum absolute atomic E-state index is 0.194. The number of esters is 1. The maximum Gasteiger partial charge on any atom is 0.339 e. The summed E-state index contributed by atoms with van der Waals surface area (Å²) in [4.78, 5) is 34.4. The van der Waals surface area contributed by atoms with Gasteiger partial charge < -0.3 is 19.9 Å². The molecule has 1 aromatic rings. The first-order valence-corrected chi connectivity index (χ1v) is 7.95. The van der Waals surface area contributed by atoms with E-state index in [0.717, 1.165) is 0 Å². The lowest BCUT2D eigenvalue weighted by Crippen LogP contribution is -2.42. The second-order valence-electron chi connectivity index (χ2n) is 5.70. The average Bonchev–Trinajstić information content (AvgIpc) is 2.52. The Kier molecular flexibility index (Phi) is 7.71. The van der Waals surface area contributed by atoms with Gasteiger partial charge in [-0.15, -0.1) is 0 Å². The van der Waals surface area contributed by atoms with Crippen molar-refractivity contribution in [2.45, 2.75) is 33.8 Å². The maximum atomic E-state index is 12.2. The summed E-state index contributed by atoms with van der Waals surface area (Å²) in [6, 6.07) is 3.59. The average molecular weight is 352 g/mol. The van der Waals surface area contributed by atoms with Crippen molar-refractivity contribution in [2.24, 2.45) is 11.7 Å². The van der Waals surface area contributed by atoms with E-state index in [0.29, 0.717) is 30.6 Å². The van der Waals surface area contributed by atoms with E-state index in [1.54, 1.807) is 6.07 Å². The number of imide groups is 1. The van der Waals surface area contributed by atoms with Crippen LogP contribution in [0.2, 0.25) is 0 Å². The molecule has 8 nitrogen and oxygen atoms in total. The van der Waals surface area contributed by atoms with Gasteiger partial charge in [0.25, 0.3) is 5.91 Å². The molecule has 0 saturated heterocycles. The molecule has 0 unspecified atom stereocenters. The van der Waals surface area contributed by atoms with E-state index in [1.807, 2.05) is 26.1 Å². The molecule has 25 heavy (non-hydrogen) atoms. The van der Waals surface area contributed by atoms with Crippen LogP contribution in [0.5, 0.6) is 11.5 Å². The number of hydrogen-bond donors (Lipinski definition) is 2. The number of benzene rings is 1. The number of carbonyl (C=O) groups is 3. The van der Waals surface area contributed by atoms with Gasteiger partial charge in [0.05, 0.1) is 18.8 Å². The van der Waals surface area contributed by atoms with E-state index >= 15 is 0 Å². The molecule has 0 fully saturated rings. The summed E-state index contributed by atoms with van der Waals surface area (Å²) in [7, 11) is 0. The standard InChI is InChI=1S/C17H24N2O6/c1-5-23-14-8-12(6-7-13(14)24-9-10(2)3)16(21)25-11(4)15(20)19-17(18)22/h6-8,10-11H,5,9H2,1-4H3,(H3,18,19,20,22)/t11-/m1/s1. The highest BCUT2D eigenvalue weighted by atomic mass is 16.5. The molecule has 0 bridgehead atoms. The molecular weight excluding hydrogens is 328 g/mol. The van der Waals surface area contributed by atoms with Crippen LogP contribution >= 0.6 is 0 Å². The van der Waals surface area contributed by atoms with Crippen LogP contribution in [0.1, 0.15) is 38.1 Å². The number of carbonyl (C=O) groups excluding carboxylic acids is 3. The minimum Gasteiger partial charge on any atom is -0.490 e. The number of urea groups is 1. The Balaban J connectivity index is 2.86. The molecule has 3 N–H and O–H groups in total. The summed E-state index contributed by atoms with van der Waals surface area (Å²) in [5.74, 6) is -0.270. The van der Waals surface area contributed by atoms with Crippen LogP contribution in [-0.2, 0) is 9.53 Å². The topological polar surface area (TPSA) is 117 Å². The van der Waals surface area contributed by atoms with E-state index in [1.165, 1.54) is 19.1 Å². The van der Waals surface area contributed by atoms with Crippen LogP contribution in [0.15, 0.2) is 18.2 Å². The first-order chi connectivity index (χ1) is 11.7. The van der Waals surface area contributed by atoms with Gasteiger partial charge in [-0.05, 0) is 38.0 Å². The summed E-state index contributed by atoms with van der Waals surface area (Å²) in [6.07, 6.45) is -1.17. The molecule has 0 aliphatic carbocycles. The van der Waals surface area contributed by atoms with Gasteiger partial charge in [-0.1, -0.05) is 13.8 Å². The summed E-state index contributed by atoms with van der Waals surface area (Å²) in [6.45, 7) is 8.09. The molecule has 0 aliphatic heterocycles. The van der Waals surface area contributed by atoms with Gasteiger partial charge in [-0.25, -0.2) is 9.59 Å². The second-order valence-corrected chi connectivity index (χ2v) is 5.70. The third kappa shape index (κ3) is 6.70. The van der Waals surface area contributed by atoms with E-state index in [-0.39, 0.29) is 5.56 Å². The SMILES string of the molecule is CCOc1cc(C(=O)O[C@H](C)C(=O)NC(N)=O)ccc1OCC(C)C. The second kappa shape index (κ2) is 9.51. The van der Waals surface area contributed by atoms with Crippen LogP contribution in [-0.4, -0.2) is 37.2 Å². The fourth-order valence-corrected chi connectivity index (χ4v) is 1.78. The van der Waals surface area contributed by atoms with Crippen LogP contribution in [0.3, 0.4) is 0 Å². The van der Waals surface area contributed by atoms with Crippen molar-refractivity contribution in [3.05, 3.63) is 23.8 Å². The predicted octanol–water partition coefficient (Wildman–Crippen LogP) is 1.86. The molecule has 0 saturated carbocycles. The van der Waals surface area contributed by atoms with Gasteiger partial charge in [0, 0.05) is 0 Å². The fraction of sp³-hybridized carbons (Fsp3) is 0.471. The zero-order chi connectivity index (χ0) is 19.0. The first-order valence-electron chi connectivity index (χ1n) is 7.95. The molecule has 1 aromatic carbocycles. The van der Waals surface area contributed by atoms with Crippen molar-refractivity contribution in [2.75, 3.05) is 13.2 Å². The molecule has 0 aromatic heterocycles. The molecule has 1 atom stereocenters. The maximum absolute atomic E-state index is 12.2. The molecule has 8 heteroatoms. The largest absolute Gasteiger partial charge is 0.490 e. The van der Waals surface area contributed by atoms with E-state index < -0.39 is 24.0 Å². The number of rotatable bonds is 8. The first kappa shape index (κ1) is 20.3. The Hall–Kier alpha value is -2.77. The van der Waals surface area contributed by atoms with Crippen molar-refractivity contribution in [3.8, 4) is 11.5 Å². The smallest absolute Gasteiger partial charge is 0.339 e. The molecule has 0 aliphatic rings. The zero-order valence-electron chi connectivity index (χ0n) is 14.8. The summed E-state index contributed by atoms with van der Waals surface area (Å²) >= 11 is 0. The van der Waals surface area contributed by atoms with Crippen LogP contribution in [0.25, 0.3) is 0 Å². The van der Waals surface area contributed by atoms with Crippen molar-refractivity contribution in [1.29, 1.82) is 0 Å². The lowest BCUT2D eigenvalue weighted by Gasteiger charge is -2.15. The normalized spacial score (nSPS) is 11.6. The van der Waals surface area contributed by atoms with Crippen molar-refractivity contribution < 1.29 is 28.6 Å². The molecule has 0 heterocycles. The van der Waals surface area contributed by atoms with Crippen molar-refractivity contribution in [3.63, 3.8) is 0 Å². The van der Waals surface area contributed by atoms with Crippen LogP contribution < -0.4 is 20.5 Å². The van der Waals surface area contributed by atoms with Gasteiger partial charge >= 0.3 is 12.0 Å². The van der Waals surface area contributed by atoms with Gasteiger partial charge in [0.2, 0.25) is 0 Å². The Morgan fingerprint density at radius 1 is 1.12 bits per heavy atom. The summed E-state index contributed by atoms with van der Waals surface area (Å²) in [5.41, 5.74) is 5.04. The van der Waals surface area contributed by atoms with E-state index in [2.05, 4.69) is 0 Å².